The maximum atomic E-state index is 13.7. The van der Waals surface area contributed by atoms with Gasteiger partial charge >= 0.3 is 0 Å². The van der Waals surface area contributed by atoms with E-state index in [0.717, 1.165) is 5.56 Å². The van der Waals surface area contributed by atoms with Crippen molar-refractivity contribution in [2.24, 2.45) is 17.6 Å². The molecule has 4 N–H and O–H groups in total. The van der Waals surface area contributed by atoms with Gasteiger partial charge in [-0.3, -0.25) is 29.4 Å². The number of hydrogen-bond donors (Lipinski definition) is 3. The van der Waals surface area contributed by atoms with Gasteiger partial charge in [-0.2, -0.15) is 0 Å². The van der Waals surface area contributed by atoms with E-state index < -0.39 is 41.1 Å². The molecule has 0 aliphatic carbocycles. The predicted molar refractivity (Wildman–Crippen MR) is 121 cm³/mol. The monoisotopic (exact) mass is 466 g/mol. The molecule has 0 bridgehead atoms. The molecule has 3 aliphatic rings. The highest BCUT2D eigenvalue weighted by atomic mass is 35.5. The molecule has 1 spiro atoms. The zero-order valence-electron chi connectivity index (χ0n) is 17.7. The summed E-state index contributed by atoms with van der Waals surface area (Å²) < 4.78 is 0. The Morgan fingerprint density at radius 2 is 1.82 bits per heavy atom. The number of fused-ring (bicyclic) bond motifs is 4. The fourth-order valence-corrected chi connectivity index (χ4v) is 5.73. The standard InChI is InChI=1S/C24H23ClN4O4/c25-15-8-4-7-14-20(15)27-23(33)24(14)19-18(16(28-24)9-10-17(26)30)21(31)29(22(19)32)12-11-13-5-2-1-3-6-13/h1-8,16,18-19,28H,9-12H2,(H2,26,30)(H,27,33)/t16-,18-,19+,24+/m1/s1. The molecule has 2 saturated heterocycles. The summed E-state index contributed by atoms with van der Waals surface area (Å²) >= 11 is 6.32. The number of nitrogens with two attached hydrogens (primary N) is 1. The van der Waals surface area contributed by atoms with Gasteiger partial charge in [0.1, 0.15) is 5.54 Å². The van der Waals surface area contributed by atoms with Crippen molar-refractivity contribution in [3.8, 4) is 0 Å². The molecule has 0 aromatic heterocycles. The fraction of sp³-hybridized carbons (Fsp3) is 0.333. The molecule has 2 aromatic rings. The maximum absolute atomic E-state index is 13.7. The topological polar surface area (TPSA) is 122 Å². The number of anilines is 1. The Labute approximate surface area is 195 Å². The van der Waals surface area contributed by atoms with E-state index in [4.69, 9.17) is 17.3 Å². The van der Waals surface area contributed by atoms with Gasteiger partial charge in [-0.1, -0.05) is 54.1 Å². The molecule has 0 radical (unpaired) electrons. The number of imide groups is 1. The zero-order valence-corrected chi connectivity index (χ0v) is 18.5. The number of hydrogen-bond acceptors (Lipinski definition) is 5. The number of carbonyl (C=O) groups excluding carboxylic acids is 4. The van der Waals surface area contributed by atoms with Gasteiger partial charge in [0.25, 0.3) is 0 Å². The first-order chi connectivity index (χ1) is 15.8. The molecule has 2 aromatic carbocycles. The largest absolute Gasteiger partial charge is 0.370 e. The molecule has 4 amide bonds. The summed E-state index contributed by atoms with van der Waals surface area (Å²) in [5.74, 6) is -3.36. The highest BCUT2D eigenvalue weighted by molar-refractivity contribution is 6.35. The van der Waals surface area contributed by atoms with Gasteiger partial charge in [-0.15, -0.1) is 0 Å². The average molecular weight is 467 g/mol. The van der Waals surface area contributed by atoms with Gasteiger partial charge in [0, 0.05) is 24.6 Å². The van der Waals surface area contributed by atoms with Gasteiger partial charge in [0.15, 0.2) is 0 Å². The molecule has 170 valence electrons. The lowest BCUT2D eigenvalue weighted by atomic mass is 9.76. The Morgan fingerprint density at radius 3 is 2.55 bits per heavy atom. The summed E-state index contributed by atoms with van der Waals surface area (Å²) in [4.78, 5) is 53.3. The summed E-state index contributed by atoms with van der Waals surface area (Å²) in [6.45, 7) is 0.220. The molecule has 33 heavy (non-hydrogen) atoms. The summed E-state index contributed by atoms with van der Waals surface area (Å²) in [7, 11) is 0. The number of likely N-dealkylation sites (tertiary alicyclic amines) is 1. The van der Waals surface area contributed by atoms with E-state index in [1.165, 1.54) is 4.90 Å². The highest BCUT2D eigenvalue weighted by Gasteiger charge is 2.70. The summed E-state index contributed by atoms with van der Waals surface area (Å²) in [6, 6.07) is 14.1. The van der Waals surface area contributed by atoms with Crippen LogP contribution >= 0.6 is 11.6 Å². The maximum Gasteiger partial charge on any atom is 0.250 e. The lowest BCUT2D eigenvalue weighted by Gasteiger charge is -2.29. The third-order valence-corrected chi connectivity index (χ3v) is 7.27. The number of halogens is 1. The molecule has 8 nitrogen and oxygen atoms in total. The van der Waals surface area contributed by atoms with Crippen LogP contribution in [-0.2, 0) is 31.1 Å². The minimum atomic E-state index is -1.43. The van der Waals surface area contributed by atoms with Gasteiger partial charge in [-0.05, 0) is 24.5 Å². The first kappa shape index (κ1) is 21.6. The van der Waals surface area contributed by atoms with Crippen molar-refractivity contribution in [2.75, 3.05) is 11.9 Å². The van der Waals surface area contributed by atoms with Gasteiger partial charge in [0.05, 0.1) is 22.5 Å². The van der Waals surface area contributed by atoms with E-state index in [1.807, 2.05) is 30.3 Å². The molecule has 0 unspecified atom stereocenters. The van der Waals surface area contributed by atoms with Crippen molar-refractivity contribution in [1.82, 2.24) is 10.2 Å². The SMILES string of the molecule is NC(=O)CC[C@H]1N[C@]2(C(=O)Nc3c(Cl)cccc32)[C@@H]2C(=O)N(CCc3ccccc3)C(=O)[C@@H]21. The van der Waals surface area contributed by atoms with Crippen LogP contribution in [-0.4, -0.2) is 41.1 Å². The quantitative estimate of drug-likeness (QED) is 0.558. The number of benzene rings is 2. The minimum absolute atomic E-state index is 0.0342. The molecule has 0 saturated carbocycles. The average Bonchev–Trinajstić information content (AvgIpc) is 3.38. The minimum Gasteiger partial charge on any atom is -0.370 e. The van der Waals surface area contributed by atoms with Crippen molar-refractivity contribution in [3.05, 3.63) is 64.7 Å². The lowest BCUT2D eigenvalue weighted by molar-refractivity contribution is -0.142. The van der Waals surface area contributed by atoms with Gasteiger partial charge < -0.3 is 11.1 Å². The number of nitrogens with zero attached hydrogens (tertiary/aromatic N) is 1. The second-order valence-corrected chi connectivity index (χ2v) is 9.15. The number of carbonyl (C=O) groups is 4. The van der Waals surface area contributed by atoms with E-state index in [-0.39, 0.29) is 25.3 Å². The summed E-state index contributed by atoms with van der Waals surface area (Å²) in [5.41, 5.74) is 5.91. The molecule has 2 fully saturated rings. The van der Waals surface area contributed by atoms with Crippen molar-refractivity contribution in [3.63, 3.8) is 0 Å². The Balaban J connectivity index is 1.53. The van der Waals surface area contributed by atoms with Crippen LogP contribution in [0, 0.1) is 11.8 Å². The molecular formula is C24H23ClN4O4. The number of nitrogens with one attached hydrogen (secondary N) is 2. The van der Waals surface area contributed by atoms with Crippen LogP contribution in [0.25, 0.3) is 0 Å². The van der Waals surface area contributed by atoms with Crippen LogP contribution in [0.1, 0.15) is 24.0 Å². The normalized spacial score (nSPS) is 27.7. The molecule has 4 atom stereocenters. The van der Waals surface area contributed by atoms with E-state index in [1.54, 1.807) is 18.2 Å². The van der Waals surface area contributed by atoms with Crippen molar-refractivity contribution in [1.29, 1.82) is 0 Å². The Hall–Kier alpha value is -3.23. The number of rotatable bonds is 6. The first-order valence-corrected chi connectivity index (χ1v) is 11.3. The number of para-hydroxylation sites is 1. The van der Waals surface area contributed by atoms with Gasteiger partial charge in [0.2, 0.25) is 23.6 Å². The predicted octanol–water partition coefficient (Wildman–Crippen LogP) is 1.57. The Kier molecular flexibility index (Phi) is 5.22. The second kappa shape index (κ2) is 7.97. The van der Waals surface area contributed by atoms with Crippen LogP contribution in [0.15, 0.2) is 48.5 Å². The second-order valence-electron chi connectivity index (χ2n) is 8.75. The summed E-state index contributed by atoms with van der Waals surface area (Å²) in [5, 5.41) is 6.42. The lowest BCUT2D eigenvalue weighted by Crippen LogP contribution is -2.53. The number of primary amides is 1. The fourth-order valence-electron chi connectivity index (χ4n) is 5.51. The van der Waals surface area contributed by atoms with Gasteiger partial charge in [-0.25, -0.2) is 0 Å². The molecule has 9 heteroatoms. The molecule has 3 heterocycles. The summed E-state index contributed by atoms with van der Waals surface area (Å²) in [6.07, 6.45) is 0.790. The molecular weight excluding hydrogens is 444 g/mol. The molecule has 3 aliphatic heterocycles. The van der Waals surface area contributed by atoms with Crippen LogP contribution in [0.5, 0.6) is 0 Å². The number of amides is 4. The smallest absolute Gasteiger partial charge is 0.250 e. The Morgan fingerprint density at radius 1 is 1.06 bits per heavy atom. The van der Waals surface area contributed by atoms with Crippen LogP contribution < -0.4 is 16.4 Å². The van der Waals surface area contributed by atoms with Crippen LogP contribution in [0.3, 0.4) is 0 Å². The van der Waals surface area contributed by atoms with Crippen LogP contribution in [0.2, 0.25) is 5.02 Å². The van der Waals surface area contributed by atoms with Crippen LogP contribution in [0.4, 0.5) is 5.69 Å². The zero-order chi connectivity index (χ0) is 23.3. The first-order valence-electron chi connectivity index (χ1n) is 10.9. The van der Waals surface area contributed by atoms with Crippen molar-refractivity contribution >= 4 is 40.9 Å². The van der Waals surface area contributed by atoms with E-state index in [9.17, 15) is 19.2 Å². The van der Waals surface area contributed by atoms with E-state index in [0.29, 0.717) is 22.7 Å². The third-order valence-electron chi connectivity index (χ3n) is 6.96. The third kappa shape index (κ3) is 3.24. The van der Waals surface area contributed by atoms with Crippen molar-refractivity contribution in [2.45, 2.75) is 30.8 Å². The molecule has 5 rings (SSSR count). The van der Waals surface area contributed by atoms with E-state index in [2.05, 4.69) is 10.6 Å². The van der Waals surface area contributed by atoms with Crippen molar-refractivity contribution < 1.29 is 19.2 Å². The Bertz CT molecular complexity index is 1170. The highest BCUT2D eigenvalue weighted by Crippen LogP contribution is 2.54. The van der Waals surface area contributed by atoms with E-state index >= 15 is 0 Å².